The first-order chi connectivity index (χ1) is 9.63. The van der Waals surface area contributed by atoms with E-state index in [-0.39, 0.29) is 11.8 Å². The number of aromatic hydroxyl groups is 1. The van der Waals surface area contributed by atoms with Gasteiger partial charge in [0.1, 0.15) is 0 Å². The van der Waals surface area contributed by atoms with Crippen molar-refractivity contribution in [2.45, 2.75) is 18.9 Å². The van der Waals surface area contributed by atoms with E-state index in [4.69, 9.17) is 0 Å². The number of hydrogen-bond acceptors (Lipinski definition) is 3. The fourth-order valence-electron chi connectivity index (χ4n) is 2.64. The third-order valence-electron chi connectivity index (χ3n) is 3.65. The van der Waals surface area contributed by atoms with Gasteiger partial charge in [0.05, 0.1) is 0 Å². The Morgan fingerprint density at radius 2 is 2.15 bits per heavy atom. The molecule has 1 aromatic carbocycles. The van der Waals surface area contributed by atoms with E-state index in [1.165, 1.54) is 6.07 Å². The van der Waals surface area contributed by atoms with Gasteiger partial charge in [-0.15, -0.1) is 6.58 Å². The molecule has 0 saturated carbocycles. The average Bonchev–Trinajstić information content (AvgIpc) is 2.45. The van der Waals surface area contributed by atoms with Crippen LogP contribution in [-0.2, 0) is 0 Å². The van der Waals surface area contributed by atoms with E-state index < -0.39 is 5.82 Å². The Morgan fingerprint density at radius 3 is 2.80 bits per heavy atom. The predicted octanol–water partition coefficient (Wildman–Crippen LogP) is 3.21. The quantitative estimate of drug-likeness (QED) is 0.806. The summed E-state index contributed by atoms with van der Waals surface area (Å²) in [6, 6.07) is 3.12. The minimum Gasteiger partial charge on any atom is -0.505 e. The maximum Gasteiger partial charge on any atom is 0.166 e. The van der Waals surface area contributed by atoms with Crippen molar-refractivity contribution in [2.24, 2.45) is 0 Å². The molecule has 1 fully saturated rings. The van der Waals surface area contributed by atoms with Crippen LogP contribution in [0, 0.1) is 5.82 Å². The average molecular weight is 343 g/mol. The highest BCUT2D eigenvalue weighted by Crippen LogP contribution is 2.36. The highest BCUT2D eigenvalue weighted by atomic mass is 79.9. The Balaban J connectivity index is 2.31. The second kappa shape index (κ2) is 7.20. The minimum atomic E-state index is -0.576. The summed E-state index contributed by atoms with van der Waals surface area (Å²) in [5.41, 5.74) is 0.653. The normalized spacial score (nSPS) is 17.9. The van der Waals surface area contributed by atoms with Crippen molar-refractivity contribution in [1.82, 2.24) is 10.2 Å². The van der Waals surface area contributed by atoms with Crippen LogP contribution in [0.1, 0.15) is 24.4 Å². The summed E-state index contributed by atoms with van der Waals surface area (Å²) in [5, 5.41) is 13.4. The van der Waals surface area contributed by atoms with E-state index in [0.717, 1.165) is 39.0 Å². The van der Waals surface area contributed by atoms with E-state index in [0.29, 0.717) is 10.0 Å². The van der Waals surface area contributed by atoms with Gasteiger partial charge in [-0.25, -0.2) is 4.39 Å². The van der Waals surface area contributed by atoms with Gasteiger partial charge in [-0.2, -0.15) is 0 Å². The summed E-state index contributed by atoms with van der Waals surface area (Å²) in [7, 11) is 0. The monoisotopic (exact) mass is 342 g/mol. The Hall–Kier alpha value is -0.910. The highest BCUT2D eigenvalue weighted by molar-refractivity contribution is 9.10. The summed E-state index contributed by atoms with van der Waals surface area (Å²) in [4.78, 5) is 2.29. The molecule has 0 radical (unpaired) electrons. The van der Waals surface area contributed by atoms with Gasteiger partial charge in [-0.1, -0.05) is 22.0 Å². The number of phenols is 1. The molecule has 1 aliphatic heterocycles. The molecule has 1 aliphatic rings. The number of nitrogens with zero attached hydrogens (tertiary/aromatic N) is 1. The standard InChI is InChI=1S/C15H20BrFN2O/c1-2-3-4-14(19-7-5-18-6-8-19)12-9-11(16)10-13(17)15(12)20/h2,9-10,14,18,20H,1,3-8H2/t14-/m0/s1. The van der Waals surface area contributed by atoms with Crippen LogP contribution in [-0.4, -0.2) is 36.2 Å². The van der Waals surface area contributed by atoms with Crippen molar-refractivity contribution in [3.8, 4) is 5.75 Å². The molecule has 2 N–H and O–H groups in total. The zero-order valence-corrected chi connectivity index (χ0v) is 13.0. The fourth-order valence-corrected chi connectivity index (χ4v) is 3.09. The van der Waals surface area contributed by atoms with Gasteiger partial charge < -0.3 is 10.4 Å². The summed E-state index contributed by atoms with van der Waals surface area (Å²) in [5.74, 6) is -0.811. The molecule has 5 heteroatoms. The molecule has 1 aromatic rings. The van der Waals surface area contributed by atoms with Crippen LogP contribution in [0.25, 0.3) is 0 Å². The largest absolute Gasteiger partial charge is 0.505 e. The maximum absolute atomic E-state index is 13.8. The van der Waals surface area contributed by atoms with Crippen molar-refractivity contribution >= 4 is 15.9 Å². The number of halogens is 2. The van der Waals surface area contributed by atoms with Crippen molar-refractivity contribution in [2.75, 3.05) is 26.2 Å². The second-order valence-corrected chi connectivity index (χ2v) is 5.91. The number of nitrogens with one attached hydrogen (secondary N) is 1. The van der Waals surface area contributed by atoms with Gasteiger partial charge in [0.2, 0.25) is 0 Å². The fraction of sp³-hybridized carbons (Fsp3) is 0.467. The summed E-state index contributed by atoms with van der Waals surface area (Å²) in [6.07, 6.45) is 3.52. The molecular weight excluding hydrogens is 323 g/mol. The molecule has 20 heavy (non-hydrogen) atoms. The number of hydrogen-bond donors (Lipinski definition) is 2. The molecule has 1 atom stereocenters. The molecule has 0 aliphatic carbocycles. The molecule has 110 valence electrons. The van der Waals surface area contributed by atoms with Gasteiger partial charge in [0.25, 0.3) is 0 Å². The van der Waals surface area contributed by atoms with Crippen LogP contribution < -0.4 is 5.32 Å². The van der Waals surface area contributed by atoms with Gasteiger partial charge in [0, 0.05) is 42.3 Å². The molecule has 0 spiro atoms. The van der Waals surface area contributed by atoms with Gasteiger partial charge >= 0.3 is 0 Å². The molecule has 1 saturated heterocycles. The first-order valence-electron chi connectivity index (χ1n) is 6.87. The van der Waals surface area contributed by atoms with E-state index in [2.05, 4.69) is 32.7 Å². The van der Waals surface area contributed by atoms with Gasteiger partial charge in [-0.3, -0.25) is 4.90 Å². The number of piperazine rings is 1. The van der Waals surface area contributed by atoms with E-state index in [1.54, 1.807) is 0 Å². The van der Waals surface area contributed by atoms with Crippen molar-refractivity contribution < 1.29 is 9.50 Å². The molecule has 2 rings (SSSR count). The van der Waals surface area contributed by atoms with Crippen LogP contribution in [0.2, 0.25) is 0 Å². The van der Waals surface area contributed by atoms with Gasteiger partial charge in [0.15, 0.2) is 11.6 Å². The Bertz CT molecular complexity index is 475. The first-order valence-corrected chi connectivity index (χ1v) is 7.66. The van der Waals surface area contributed by atoms with Crippen LogP contribution in [0.15, 0.2) is 29.3 Å². The zero-order chi connectivity index (χ0) is 14.5. The van der Waals surface area contributed by atoms with E-state index in [9.17, 15) is 9.50 Å². The lowest BCUT2D eigenvalue weighted by Crippen LogP contribution is -2.45. The molecule has 0 amide bonds. The highest BCUT2D eigenvalue weighted by Gasteiger charge is 2.25. The SMILES string of the molecule is C=CCC[C@@H](c1cc(Br)cc(F)c1O)N1CCNCC1. The van der Waals surface area contributed by atoms with E-state index in [1.807, 2.05) is 12.1 Å². The van der Waals surface area contributed by atoms with E-state index >= 15 is 0 Å². The second-order valence-electron chi connectivity index (χ2n) is 4.99. The maximum atomic E-state index is 13.8. The molecule has 1 heterocycles. The van der Waals surface area contributed by atoms with Crippen molar-refractivity contribution in [1.29, 1.82) is 0 Å². The topological polar surface area (TPSA) is 35.5 Å². The lowest BCUT2D eigenvalue weighted by Gasteiger charge is -2.35. The smallest absolute Gasteiger partial charge is 0.166 e. The van der Waals surface area contributed by atoms with Crippen LogP contribution >= 0.6 is 15.9 Å². The zero-order valence-electron chi connectivity index (χ0n) is 11.4. The summed E-state index contributed by atoms with van der Waals surface area (Å²) in [6.45, 7) is 7.39. The predicted molar refractivity (Wildman–Crippen MR) is 82.4 cm³/mol. The Labute approximate surface area is 127 Å². The third kappa shape index (κ3) is 3.59. The molecule has 0 aromatic heterocycles. The van der Waals surface area contributed by atoms with Crippen LogP contribution in [0.5, 0.6) is 5.75 Å². The first kappa shape index (κ1) is 15.5. The molecule has 0 bridgehead atoms. The number of benzene rings is 1. The number of phenolic OH excluding ortho intramolecular Hbond substituents is 1. The minimum absolute atomic E-state index is 0.0158. The number of rotatable bonds is 5. The number of allylic oxidation sites excluding steroid dienone is 1. The Kier molecular flexibility index (Phi) is 5.57. The lowest BCUT2D eigenvalue weighted by molar-refractivity contribution is 0.163. The van der Waals surface area contributed by atoms with Crippen molar-refractivity contribution in [3.63, 3.8) is 0 Å². The van der Waals surface area contributed by atoms with Gasteiger partial charge in [-0.05, 0) is 25.0 Å². The molecular formula is C15H20BrFN2O. The Morgan fingerprint density at radius 1 is 1.45 bits per heavy atom. The van der Waals surface area contributed by atoms with Crippen LogP contribution in [0.3, 0.4) is 0 Å². The lowest BCUT2D eigenvalue weighted by atomic mass is 9.98. The van der Waals surface area contributed by atoms with Crippen molar-refractivity contribution in [3.05, 3.63) is 40.6 Å². The summed E-state index contributed by atoms with van der Waals surface area (Å²) >= 11 is 3.31. The molecule has 0 unspecified atom stereocenters. The summed E-state index contributed by atoms with van der Waals surface area (Å²) < 4.78 is 14.4. The molecule has 3 nitrogen and oxygen atoms in total. The van der Waals surface area contributed by atoms with Crippen LogP contribution in [0.4, 0.5) is 4.39 Å². The third-order valence-corrected chi connectivity index (χ3v) is 4.11.